The van der Waals surface area contributed by atoms with Gasteiger partial charge in [-0.3, -0.25) is 9.69 Å². The van der Waals surface area contributed by atoms with Gasteiger partial charge < -0.3 is 10.4 Å². The number of rotatable bonds is 7. The molecule has 0 bridgehead atoms. The van der Waals surface area contributed by atoms with Crippen LogP contribution in [0.3, 0.4) is 0 Å². The van der Waals surface area contributed by atoms with Gasteiger partial charge in [-0.2, -0.15) is 0 Å². The summed E-state index contributed by atoms with van der Waals surface area (Å²) in [5.74, 6) is -0.0344. The first-order valence-corrected chi connectivity index (χ1v) is 6.83. The van der Waals surface area contributed by atoms with Crippen molar-refractivity contribution in [3.8, 4) is 0 Å². The largest absolute Gasteiger partial charge is 0.396 e. The Morgan fingerprint density at radius 3 is 2.89 bits per heavy atom. The van der Waals surface area contributed by atoms with Crippen LogP contribution in [0, 0.1) is 0 Å². The van der Waals surface area contributed by atoms with Crippen LogP contribution in [0.1, 0.15) is 13.3 Å². The molecule has 4 nitrogen and oxygen atoms in total. The van der Waals surface area contributed by atoms with Gasteiger partial charge in [-0.1, -0.05) is 28.9 Å². The molecule has 1 amide bonds. The molecule has 1 aromatic rings. The number of aliphatic hydroxyl groups excluding tert-OH is 1. The second kappa shape index (κ2) is 8.24. The van der Waals surface area contributed by atoms with Crippen molar-refractivity contribution in [3.63, 3.8) is 0 Å². The van der Waals surface area contributed by atoms with E-state index in [4.69, 9.17) is 5.11 Å². The van der Waals surface area contributed by atoms with Crippen molar-refractivity contribution in [2.75, 3.05) is 31.6 Å². The first-order valence-electron chi connectivity index (χ1n) is 6.04. The van der Waals surface area contributed by atoms with Crippen molar-refractivity contribution in [1.82, 2.24) is 4.90 Å². The van der Waals surface area contributed by atoms with Crippen molar-refractivity contribution in [2.24, 2.45) is 0 Å². The van der Waals surface area contributed by atoms with Gasteiger partial charge in [0.05, 0.1) is 6.54 Å². The highest BCUT2D eigenvalue weighted by Gasteiger charge is 2.08. The van der Waals surface area contributed by atoms with Crippen LogP contribution < -0.4 is 5.32 Å². The van der Waals surface area contributed by atoms with E-state index in [1.807, 2.05) is 36.1 Å². The number of likely N-dealkylation sites (N-methyl/N-ethyl adjacent to an activating group) is 1. The molecule has 0 aliphatic rings. The fourth-order valence-electron chi connectivity index (χ4n) is 1.61. The number of amides is 1. The first-order chi connectivity index (χ1) is 8.65. The fourth-order valence-corrected chi connectivity index (χ4v) is 2.01. The van der Waals surface area contributed by atoms with Crippen LogP contribution in [-0.2, 0) is 4.79 Å². The molecular weight excluding hydrogens is 296 g/mol. The SMILES string of the molecule is CCN(CCCO)CC(=O)Nc1cccc(Br)c1. The molecule has 1 aromatic carbocycles. The zero-order valence-corrected chi connectivity index (χ0v) is 12.1. The van der Waals surface area contributed by atoms with E-state index in [1.165, 1.54) is 0 Å². The monoisotopic (exact) mass is 314 g/mol. The van der Waals surface area contributed by atoms with Crippen LogP contribution in [0.2, 0.25) is 0 Å². The summed E-state index contributed by atoms with van der Waals surface area (Å²) >= 11 is 3.36. The molecule has 1 rings (SSSR count). The molecule has 100 valence electrons. The number of carbonyl (C=O) groups is 1. The molecule has 0 spiro atoms. The van der Waals surface area contributed by atoms with Gasteiger partial charge in [0.1, 0.15) is 0 Å². The molecule has 0 saturated heterocycles. The van der Waals surface area contributed by atoms with Gasteiger partial charge in [0, 0.05) is 23.3 Å². The number of anilines is 1. The molecule has 0 saturated carbocycles. The third kappa shape index (κ3) is 5.62. The highest BCUT2D eigenvalue weighted by Crippen LogP contribution is 2.15. The summed E-state index contributed by atoms with van der Waals surface area (Å²) in [5.41, 5.74) is 0.785. The molecule has 0 aromatic heterocycles. The van der Waals surface area contributed by atoms with Crippen molar-refractivity contribution in [3.05, 3.63) is 28.7 Å². The Bertz CT molecular complexity index is 385. The summed E-state index contributed by atoms with van der Waals surface area (Å²) < 4.78 is 0.938. The Kier molecular flexibility index (Phi) is 6.93. The summed E-state index contributed by atoms with van der Waals surface area (Å²) in [7, 11) is 0. The van der Waals surface area contributed by atoms with Crippen LogP contribution >= 0.6 is 15.9 Å². The Balaban J connectivity index is 2.45. The Hall–Kier alpha value is -0.910. The highest BCUT2D eigenvalue weighted by molar-refractivity contribution is 9.10. The number of carbonyl (C=O) groups excluding carboxylic acids is 1. The van der Waals surface area contributed by atoms with E-state index in [-0.39, 0.29) is 12.5 Å². The maximum atomic E-state index is 11.8. The molecule has 0 radical (unpaired) electrons. The van der Waals surface area contributed by atoms with Gasteiger partial charge in [0.25, 0.3) is 0 Å². The molecule has 0 heterocycles. The van der Waals surface area contributed by atoms with Crippen LogP contribution in [0.5, 0.6) is 0 Å². The number of hydrogen-bond donors (Lipinski definition) is 2. The Labute approximate surface area is 116 Å². The summed E-state index contributed by atoms with van der Waals surface area (Å²) in [4.78, 5) is 13.8. The van der Waals surface area contributed by atoms with Gasteiger partial charge in [-0.05, 0) is 31.2 Å². The minimum atomic E-state index is -0.0344. The minimum absolute atomic E-state index is 0.0344. The third-order valence-corrected chi connectivity index (χ3v) is 3.05. The zero-order valence-electron chi connectivity index (χ0n) is 10.5. The van der Waals surface area contributed by atoms with E-state index in [0.717, 1.165) is 23.2 Å². The average molecular weight is 315 g/mol. The molecule has 5 heteroatoms. The fraction of sp³-hybridized carbons (Fsp3) is 0.462. The number of halogens is 1. The molecule has 0 aliphatic carbocycles. The van der Waals surface area contributed by atoms with Crippen molar-refractivity contribution in [2.45, 2.75) is 13.3 Å². The maximum absolute atomic E-state index is 11.8. The number of benzene rings is 1. The lowest BCUT2D eigenvalue weighted by molar-refractivity contribution is -0.117. The molecule has 18 heavy (non-hydrogen) atoms. The maximum Gasteiger partial charge on any atom is 0.238 e. The predicted octanol–water partition coefficient (Wildman–Crippen LogP) is 2.09. The quantitative estimate of drug-likeness (QED) is 0.810. The number of aliphatic hydroxyl groups is 1. The standard InChI is InChI=1S/C13H19BrN2O2/c1-2-16(7-4-8-17)10-13(18)15-12-6-3-5-11(14)9-12/h3,5-6,9,17H,2,4,7-8,10H2,1H3,(H,15,18). The average Bonchev–Trinajstić information content (AvgIpc) is 2.34. The van der Waals surface area contributed by atoms with E-state index in [9.17, 15) is 4.79 Å². The molecule has 0 atom stereocenters. The van der Waals surface area contributed by atoms with E-state index >= 15 is 0 Å². The number of hydrogen-bond acceptors (Lipinski definition) is 3. The van der Waals surface area contributed by atoms with E-state index in [0.29, 0.717) is 13.0 Å². The first kappa shape index (κ1) is 15.1. The molecular formula is C13H19BrN2O2. The topological polar surface area (TPSA) is 52.6 Å². The van der Waals surface area contributed by atoms with Gasteiger partial charge >= 0.3 is 0 Å². The molecule has 2 N–H and O–H groups in total. The van der Waals surface area contributed by atoms with Gasteiger partial charge in [-0.25, -0.2) is 0 Å². The highest BCUT2D eigenvalue weighted by atomic mass is 79.9. The molecule has 0 unspecified atom stereocenters. The number of nitrogens with one attached hydrogen (secondary N) is 1. The summed E-state index contributed by atoms with van der Waals surface area (Å²) in [6.07, 6.45) is 0.692. The summed E-state index contributed by atoms with van der Waals surface area (Å²) in [6.45, 7) is 4.04. The van der Waals surface area contributed by atoms with Gasteiger partial charge in [0.2, 0.25) is 5.91 Å². The summed E-state index contributed by atoms with van der Waals surface area (Å²) in [6, 6.07) is 7.51. The normalized spacial score (nSPS) is 10.7. The van der Waals surface area contributed by atoms with Crippen molar-refractivity contribution >= 4 is 27.5 Å². The van der Waals surface area contributed by atoms with Crippen molar-refractivity contribution in [1.29, 1.82) is 0 Å². The smallest absolute Gasteiger partial charge is 0.238 e. The predicted molar refractivity (Wildman–Crippen MR) is 76.6 cm³/mol. The van der Waals surface area contributed by atoms with Crippen LogP contribution in [-0.4, -0.2) is 42.2 Å². The number of nitrogens with zero attached hydrogens (tertiary/aromatic N) is 1. The minimum Gasteiger partial charge on any atom is -0.396 e. The van der Waals surface area contributed by atoms with E-state index < -0.39 is 0 Å². The van der Waals surface area contributed by atoms with Crippen LogP contribution in [0.4, 0.5) is 5.69 Å². The lowest BCUT2D eigenvalue weighted by Crippen LogP contribution is -2.34. The van der Waals surface area contributed by atoms with Crippen molar-refractivity contribution < 1.29 is 9.90 Å². The van der Waals surface area contributed by atoms with E-state index in [1.54, 1.807) is 0 Å². The second-order valence-electron chi connectivity index (χ2n) is 4.00. The molecule has 0 aliphatic heterocycles. The second-order valence-corrected chi connectivity index (χ2v) is 4.92. The van der Waals surface area contributed by atoms with Crippen LogP contribution in [0.25, 0.3) is 0 Å². The Morgan fingerprint density at radius 2 is 2.28 bits per heavy atom. The van der Waals surface area contributed by atoms with Gasteiger partial charge in [-0.15, -0.1) is 0 Å². The van der Waals surface area contributed by atoms with E-state index in [2.05, 4.69) is 21.2 Å². The lowest BCUT2D eigenvalue weighted by Gasteiger charge is -2.19. The summed E-state index contributed by atoms with van der Waals surface area (Å²) in [5, 5.41) is 11.6. The third-order valence-electron chi connectivity index (χ3n) is 2.56. The zero-order chi connectivity index (χ0) is 13.4. The van der Waals surface area contributed by atoms with Crippen LogP contribution in [0.15, 0.2) is 28.7 Å². The Morgan fingerprint density at radius 1 is 1.50 bits per heavy atom. The van der Waals surface area contributed by atoms with Gasteiger partial charge in [0.15, 0.2) is 0 Å². The molecule has 0 fully saturated rings. The lowest BCUT2D eigenvalue weighted by atomic mass is 10.3.